The molecule has 1 N–H and O–H groups in total. The maximum atomic E-state index is 11.9. The van der Waals surface area contributed by atoms with Gasteiger partial charge in [0.25, 0.3) is 5.91 Å². The predicted octanol–water partition coefficient (Wildman–Crippen LogP) is 3.17. The van der Waals surface area contributed by atoms with Crippen LogP contribution in [0.2, 0.25) is 0 Å². The van der Waals surface area contributed by atoms with Gasteiger partial charge in [0.1, 0.15) is 6.10 Å². The number of aryl methyl sites for hydroxylation is 1. The minimum atomic E-state index is -0.0913. The van der Waals surface area contributed by atoms with Gasteiger partial charge in [-0.3, -0.25) is 4.79 Å². The largest absolute Gasteiger partial charge is 0.374 e. The van der Waals surface area contributed by atoms with Crippen molar-refractivity contribution in [1.82, 2.24) is 5.32 Å². The van der Waals surface area contributed by atoms with Crippen molar-refractivity contribution in [2.45, 2.75) is 13.0 Å². The molecule has 0 radical (unpaired) electrons. The summed E-state index contributed by atoms with van der Waals surface area (Å²) in [6, 6.07) is 13.3. The summed E-state index contributed by atoms with van der Waals surface area (Å²) in [5.41, 5.74) is 0.666. The smallest absolute Gasteiger partial charge is 0.251 e. The summed E-state index contributed by atoms with van der Waals surface area (Å²) in [6.45, 7) is 2.54. The molecule has 0 bridgehead atoms. The molecule has 0 aliphatic rings. The third kappa shape index (κ3) is 3.66. The van der Waals surface area contributed by atoms with E-state index in [9.17, 15) is 4.79 Å². The van der Waals surface area contributed by atoms with E-state index >= 15 is 0 Å². The lowest BCUT2D eigenvalue weighted by Crippen LogP contribution is -2.28. The van der Waals surface area contributed by atoms with Crippen LogP contribution in [-0.4, -0.2) is 19.6 Å². The highest BCUT2D eigenvalue weighted by molar-refractivity contribution is 7.12. The van der Waals surface area contributed by atoms with Gasteiger partial charge in [-0.1, -0.05) is 18.2 Å². The molecule has 1 amide bonds. The van der Waals surface area contributed by atoms with Crippen molar-refractivity contribution in [2.75, 3.05) is 13.7 Å². The fourth-order valence-corrected chi connectivity index (χ4v) is 2.76. The van der Waals surface area contributed by atoms with E-state index in [0.29, 0.717) is 12.1 Å². The molecule has 1 heterocycles. The Morgan fingerprint density at radius 1 is 1.26 bits per heavy atom. The highest BCUT2D eigenvalue weighted by Gasteiger charge is 2.14. The van der Waals surface area contributed by atoms with Gasteiger partial charge < -0.3 is 10.1 Å². The fourth-order valence-electron chi connectivity index (χ4n) is 1.80. The zero-order chi connectivity index (χ0) is 13.7. The van der Waals surface area contributed by atoms with Crippen LogP contribution >= 0.6 is 11.3 Å². The molecule has 0 saturated carbocycles. The number of benzene rings is 1. The van der Waals surface area contributed by atoms with Gasteiger partial charge in [0.15, 0.2) is 0 Å². The quantitative estimate of drug-likeness (QED) is 0.910. The lowest BCUT2D eigenvalue weighted by molar-refractivity contribution is 0.0837. The van der Waals surface area contributed by atoms with Gasteiger partial charge in [-0.25, -0.2) is 0 Å². The molecular formula is C15H17NO2S. The number of amides is 1. The first-order chi connectivity index (χ1) is 9.20. The van der Waals surface area contributed by atoms with Crippen LogP contribution in [0, 0.1) is 6.92 Å². The van der Waals surface area contributed by atoms with E-state index in [1.807, 2.05) is 24.3 Å². The average molecular weight is 275 g/mol. The van der Waals surface area contributed by atoms with E-state index in [1.165, 1.54) is 4.88 Å². The molecule has 2 rings (SSSR count). The number of carbonyl (C=O) groups excluding carboxylic acids is 1. The van der Waals surface area contributed by atoms with Gasteiger partial charge in [0.05, 0.1) is 0 Å². The van der Waals surface area contributed by atoms with E-state index in [2.05, 4.69) is 18.3 Å². The third-order valence-electron chi connectivity index (χ3n) is 2.85. The maximum Gasteiger partial charge on any atom is 0.251 e. The van der Waals surface area contributed by atoms with Crippen LogP contribution < -0.4 is 5.32 Å². The van der Waals surface area contributed by atoms with Crippen molar-refractivity contribution >= 4 is 17.2 Å². The van der Waals surface area contributed by atoms with Crippen LogP contribution in [0.1, 0.15) is 26.2 Å². The zero-order valence-electron chi connectivity index (χ0n) is 11.1. The highest BCUT2D eigenvalue weighted by Crippen LogP contribution is 2.24. The summed E-state index contributed by atoms with van der Waals surface area (Å²) in [6.07, 6.45) is -0.0913. The Morgan fingerprint density at radius 2 is 2.00 bits per heavy atom. The van der Waals surface area contributed by atoms with Crippen molar-refractivity contribution in [3.63, 3.8) is 0 Å². The number of nitrogens with one attached hydrogen (secondary N) is 1. The summed E-state index contributed by atoms with van der Waals surface area (Å²) >= 11 is 1.69. The molecule has 1 aromatic carbocycles. The first-order valence-corrected chi connectivity index (χ1v) is 6.94. The first-order valence-electron chi connectivity index (χ1n) is 6.13. The number of hydrogen-bond donors (Lipinski definition) is 1. The van der Waals surface area contributed by atoms with Gasteiger partial charge >= 0.3 is 0 Å². The number of carbonyl (C=O) groups is 1. The Morgan fingerprint density at radius 3 is 2.58 bits per heavy atom. The second-order valence-electron chi connectivity index (χ2n) is 4.25. The predicted molar refractivity (Wildman–Crippen MR) is 77.6 cm³/mol. The van der Waals surface area contributed by atoms with Crippen LogP contribution in [-0.2, 0) is 4.74 Å². The maximum absolute atomic E-state index is 11.9. The van der Waals surface area contributed by atoms with Crippen LogP contribution in [0.3, 0.4) is 0 Å². The van der Waals surface area contributed by atoms with Crippen molar-refractivity contribution in [3.8, 4) is 0 Å². The minimum absolute atomic E-state index is 0.0732. The summed E-state index contributed by atoms with van der Waals surface area (Å²) in [5.74, 6) is -0.0732. The molecule has 0 aliphatic heterocycles. The topological polar surface area (TPSA) is 38.3 Å². The van der Waals surface area contributed by atoms with Crippen molar-refractivity contribution in [2.24, 2.45) is 0 Å². The lowest BCUT2D eigenvalue weighted by atomic mass is 10.2. The van der Waals surface area contributed by atoms with Crippen LogP contribution in [0.25, 0.3) is 0 Å². The standard InChI is InChI=1S/C15H17NO2S/c1-11-8-9-14(19-11)13(18-2)10-16-15(17)12-6-4-3-5-7-12/h3-9,13H,10H2,1-2H3,(H,16,17). The van der Waals surface area contributed by atoms with E-state index in [-0.39, 0.29) is 12.0 Å². The molecule has 0 fully saturated rings. The molecule has 0 spiro atoms. The Balaban J connectivity index is 1.95. The lowest BCUT2D eigenvalue weighted by Gasteiger charge is -2.14. The van der Waals surface area contributed by atoms with Crippen LogP contribution in [0.4, 0.5) is 0 Å². The Hall–Kier alpha value is -1.65. The van der Waals surface area contributed by atoms with E-state index in [4.69, 9.17) is 4.74 Å². The summed E-state index contributed by atoms with van der Waals surface area (Å²) < 4.78 is 5.43. The van der Waals surface area contributed by atoms with Crippen LogP contribution in [0.5, 0.6) is 0 Å². The zero-order valence-corrected chi connectivity index (χ0v) is 11.9. The van der Waals surface area contributed by atoms with E-state index in [1.54, 1.807) is 30.6 Å². The number of rotatable bonds is 5. The van der Waals surface area contributed by atoms with Gasteiger partial charge in [0.2, 0.25) is 0 Å². The number of hydrogen-bond acceptors (Lipinski definition) is 3. The molecule has 1 unspecified atom stereocenters. The van der Waals surface area contributed by atoms with Gasteiger partial charge in [-0.2, -0.15) is 0 Å². The molecule has 1 aromatic heterocycles. The summed E-state index contributed by atoms with van der Waals surface area (Å²) in [5, 5.41) is 2.90. The summed E-state index contributed by atoms with van der Waals surface area (Å²) in [4.78, 5) is 14.3. The molecular weight excluding hydrogens is 258 g/mol. The normalized spacial score (nSPS) is 12.1. The second kappa shape index (κ2) is 6.50. The first kappa shape index (κ1) is 13.8. The third-order valence-corrected chi connectivity index (χ3v) is 3.94. The van der Waals surface area contributed by atoms with Crippen LogP contribution in [0.15, 0.2) is 42.5 Å². The molecule has 2 aromatic rings. The van der Waals surface area contributed by atoms with E-state index in [0.717, 1.165) is 4.88 Å². The van der Waals surface area contributed by atoms with E-state index < -0.39 is 0 Å². The second-order valence-corrected chi connectivity index (χ2v) is 5.57. The molecule has 0 saturated heterocycles. The SMILES string of the molecule is COC(CNC(=O)c1ccccc1)c1ccc(C)s1. The Bertz CT molecular complexity index is 536. The molecule has 3 nitrogen and oxygen atoms in total. The van der Waals surface area contributed by atoms with Crippen molar-refractivity contribution < 1.29 is 9.53 Å². The van der Waals surface area contributed by atoms with Gasteiger partial charge in [-0.05, 0) is 31.2 Å². The monoisotopic (exact) mass is 275 g/mol. The Labute approximate surface area is 117 Å². The molecule has 19 heavy (non-hydrogen) atoms. The average Bonchev–Trinajstić information content (AvgIpc) is 2.87. The number of ether oxygens (including phenoxy) is 1. The Kier molecular flexibility index (Phi) is 4.71. The summed E-state index contributed by atoms with van der Waals surface area (Å²) in [7, 11) is 1.66. The number of thiophene rings is 1. The van der Waals surface area contributed by atoms with Gasteiger partial charge in [-0.15, -0.1) is 11.3 Å². The molecule has 4 heteroatoms. The fraction of sp³-hybridized carbons (Fsp3) is 0.267. The number of methoxy groups -OCH3 is 1. The molecule has 0 aliphatic carbocycles. The van der Waals surface area contributed by atoms with Crippen molar-refractivity contribution in [3.05, 3.63) is 57.8 Å². The van der Waals surface area contributed by atoms with Gasteiger partial charge in [0, 0.05) is 29.0 Å². The molecule has 1 atom stereocenters. The molecule has 100 valence electrons. The van der Waals surface area contributed by atoms with Crippen molar-refractivity contribution in [1.29, 1.82) is 0 Å². The minimum Gasteiger partial charge on any atom is -0.374 e. The highest BCUT2D eigenvalue weighted by atomic mass is 32.1.